The highest BCUT2D eigenvalue weighted by atomic mass is 32.1. The predicted molar refractivity (Wildman–Crippen MR) is 103 cm³/mol. The number of rotatable bonds is 4. The van der Waals surface area contributed by atoms with Crippen molar-refractivity contribution in [1.29, 1.82) is 0 Å². The third-order valence-corrected chi connectivity index (χ3v) is 6.19. The van der Waals surface area contributed by atoms with E-state index in [1.165, 1.54) is 4.90 Å². The van der Waals surface area contributed by atoms with Crippen LogP contribution in [0.25, 0.3) is 0 Å². The predicted octanol–water partition coefficient (Wildman–Crippen LogP) is 3.27. The maximum atomic E-state index is 12.9. The molecule has 2 unspecified atom stereocenters. The quantitative estimate of drug-likeness (QED) is 0.762. The van der Waals surface area contributed by atoms with E-state index in [1.54, 1.807) is 30.4 Å². The zero-order valence-corrected chi connectivity index (χ0v) is 15.9. The summed E-state index contributed by atoms with van der Waals surface area (Å²) in [7, 11) is 0. The summed E-state index contributed by atoms with van der Waals surface area (Å²) in [6.07, 6.45) is 1.85. The first-order chi connectivity index (χ1) is 13.1. The summed E-state index contributed by atoms with van der Waals surface area (Å²) in [5, 5.41) is 2.00. The Morgan fingerprint density at radius 3 is 2.63 bits per heavy atom. The maximum absolute atomic E-state index is 12.9. The van der Waals surface area contributed by atoms with Gasteiger partial charge in [-0.1, -0.05) is 24.3 Å². The lowest BCUT2D eigenvalue weighted by Gasteiger charge is -2.26. The Morgan fingerprint density at radius 1 is 1.15 bits per heavy atom. The molecule has 140 valence electrons. The molecule has 2 aromatic rings. The molecule has 3 heterocycles. The monoisotopic (exact) mass is 383 g/mol. The number of carbonyl (C=O) groups excluding carboxylic acids is 3. The molecule has 6 nitrogen and oxygen atoms in total. The number of thiophene rings is 1. The first-order valence-electron chi connectivity index (χ1n) is 9.10. The average Bonchev–Trinajstić information content (AvgIpc) is 3.40. The van der Waals surface area contributed by atoms with Crippen molar-refractivity contribution in [2.45, 2.75) is 31.8 Å². The number of imide groups is 1. The van der Waals surface area contributed by atoms with Gasteiger partial charge in [0, 0.05) is 17.1 Å². The fourth-order valence-corrected chi connectivity index (χ4v) is 4.74. The van der Waals surface area contributed by atoms with Crippen LogP contribution in [0.4, 0.5) is 10.5 Å². The van der Waals surface area contributed by atoms with Crippen LogP contribution in [-0.4, -0.2) is 46.8 Å². The van der Waals surface area contributed by atoms with Crippen molar-refractivity contribution in [3.05, 3.63) is 52.7 Å². The van der Waals surface area contributed by atoms with Gasteiger partial charge >= 0.3 is 6.03 Å². The van der Waals surface area contributed by atoms with E-state index in [2.05, 4.69) is 0 Å². The molecule has 0 N–H and O–H groups in total. The molecule has 27 heavy (non-hydrogen) atoms. The number of urea groups is 1. The summed E-state index contributed by atoms with van der Waals surface area (Å²) in [6, 6.07) is 12.1. The largest absolute Gasteiger partial charge is 0.333 e. The molecule has 1 aromatic carbocycles. The second kappa shape index (κ2) is 7.15. The van der Waals surface area contributed by atoms with Gasteiger partial charge in [-0.15, -0.1) is 11.3 Å². The van der Waals surface area contributed by atoms with Crippen LogP contribution in [0.15, 0.2) is 47.8 Å². The Bertz CT molecular complexity index is 853. The molecule has 2 aliphatic rings. The molecule has 0 saturated carbocycles. The van der Waals surface area contributed by atoms with Crippen LogP contribution in [0.1, 0.15) is 30.7 Å². The third kappa shape index (κ3) is 3.12. The van der Waals surface area contributed by atoms with E-state index in [4.69, 9.17) is 0 Å². The van der Waals surface area contributed by atoms with Crippen LogP contribution in [0.5, 0.6) is 0 Å². The minimum Gasteiger partial charge on any atom is -0.333 e. The number of nitrogens with zero attached hydrogens (tertiary/aromatic N) is 3. The van der Waals surface area contributed by atoms with Gasteiger partial charge in [0.25, 0.3) is 5.91 Å². The van der Waals surface area contributed by atoms with Gasteiger partial charge in [0.1, 0.15) is 12.6 Å². The summed E-state index contributed by atoms with van der Waals surface area (Å²) in [4.78, 5) is 43.9. The van der Waals surface area contributed by atoms with Gasteiger partial charge < -0.3 is 4.90 Å². The van der Waals surface area contributed by atoms with Crippen LogP contribution in [0.3, 0.4) is 0 Å². The molecule has 1 aromatic heterocycles. The van der Waals surface area contributed by atoms with E-state index in [-0.39, 0.29) is 24.4 Å². The zero-order valence-electron chi connectivity index (χ0n) is 15.1. The van der Waals surface area contributed by atoms with Crippen molar-refractivity contribution in [1.82, 2.24) is 9.80 Å². The van der Waals surface area contributed by atoms with Crippen molar-refractivity contribution in [2.24, 2.45) is 0 Å². The standard InChI is InChI=1S/C20H21N3O3S/c1-14-19(25)22(20(26)23(14)15-7-3-2-4-8-15)13-18(24)21-11-5-9-16(21)17-10-6-12-27-17/h2-4,6-8,10,12,14,16H,5,9,11,13H2,1H3. The smallest absolute Gasteiger partial charge is 0.332 e. The van der Waals surface area contributed by atoms with Gasteiger partial charge in [-0.05, 0) is 43.3 Å². The van der Waals surface area contributed by atoms with Crippen molar-refractivity contribution >= 4 is 34.9 Å². The molecule has 7 heteroatoms. The number of anilines is 1. The lowest BCUT2D eigenvalue weighted by Crippen LogP contribution is -2.43. The fourth-order valence-electron chi connectivity index (χ4n) is 3.86. The lowest BCUT2D eigenvalue weighted by molar-refractivity contribution is -0.137. The Labute approximate surface area is 162 Å². The molecule has 4 amide bonds. The number of hydrogen-bond acceptors (Lipinski definition) is 4. The summed E-state index contributed by atoms with van der Waals surface area (Å²) in [6.45, 7) is 2.16. The van der Waals surface area contributed by atoms with Crippen molar-refractivity contribution in [3.8, 4) is 0 Å². The number of likely N-dealkylation sites (tertiary alicyclic amines) is 1. The topological polar surface area (TPSA) is 60.9 Å². The number of carbonyl (C=O) groups is 3. The van der Waals surface area contributed by atoms with Crippen molar-refractivity contribution in [3.63, 3.8) is 0 Å². The first kappa shape index (κ1) is 17.7. The van der Waals surface area contributed by atoms with Crippen LogP contribution >= 0.6 is 11.3 Å². The van der Waals surface area contributed by atoms with Gasteiger partial charge in [0.15, 0.2) is 0 Å². The highest BCUT2D eigenvalue weighted by Gasteiger charge is 2.45. The Hall–Kier alpha value is -2.67. The number of amides is 4. The second-order valence-electron chi connectivity index (χ2n) is 6.85. The van der Waals surface area contributed by atoms with Gasteiger partial charge in [0.2, 0.25) is 5.91 Å². The molecular formula is C20H21N3O3S. The van der Waals surface area contributed by atoms with Gasteiger partial charge in [-0.3, -0.25) is 19.4 Å². The van der Waals surface area contributed by atoms with Crippen LogP contribution < -0.4 is 4.90 Å². The molecule has 2 atom stereocenters. The molecule has 4 rings (SSSR count). The normalized spacial score (nSPS) is 22.8. The van der Waals surface area contributed by atoms with Crippen LogP contribution in [0, 0.1) is 0 Å². The SMILES string of the molecule is CC1C(=O)N(CC(=O)N2CCCC2c2cccs2)C(=O)N1c1ccccc1. The fraction of sp³-hybridized carbons (Fsp3) is 0.350. The average molecular weight is 383 g/mol. The summed E-state index contributed by atoms with van der Waals surface area (Å²) < 4.78 is 0. The number of hydrogen-bond donors (Lipinski definition) is 0. The summed E-state index contributed by atoms with van der Waals surface area (Å²) in [5.41, 5.74) is 0.663. The van der Waals surface area contributed by atoms with Crippen molar-refractivity contribution in [2.75, 3.05) is 18.0 Å². The number of para-hydroxylation sites is 1. The molecule has 0 radical (unpaired) electrons. The summed E-state index contributed by atoms with van der Waals surface area (Å²) in [5.74, 6) is -0.501. The molecule has 0 spiro atoms. The molecule has 0 aliphatic carbocycles. The lowest BCUT2D eigenvalue weighted by atomic mass is 10.2. The van der Waals surface area contributed by atoms with E-state index >= 15 is 0 Å². The maximum Gasteiger partial charge on any atom is 0.332 e. The van der Waals surface area contributed by atoms with Crippen molar-refractivity contribution < 1.29 is 14.4 Å². The molecule has 0 bridgehead atoms. The van der Waals surface area contributed by atoms with E-state index < -0.39 is 12.1 Å². The minimum atomic E-state index is -0.612. The molecule has 2 saturated heterocycles. The van der Waals surface area contributed by atoms with Gasteiger partial charge in [-0.2, -0.15) is 0 Å². The molecule has 2 aliphatic heterocycles. The van der Waals surface area contributed by atoms with Crippen LogP contribution in [0.2, 0.25) is 0 Å². The van der Waals surface area contributed by atoms with Gasteiger partial charge in [0.05, 0.1) is 6.04 Å². The summed E-state index contributed by atoms with van der Waals surface area (Å²) >= 11 is 1.63. The molecule has 2 fully saturated rings. The third-order valence-electron chi connectivity index (χ3n) is 5.22. The Morgan fingerprint density at radius 2 is 1.93 bits per heavy atom. The highest BCUT2D eigenvalue weighted by molar-refractivity contribution is 7.10. The number of benzene rings is 1. The minimum absolute atomic E-state index is 0.0490. The first-order valence-corrected chi connectivity index (χ1v) is 9.98. The Balaban J connectivity index is 1.51. The van der Waals surface area contributed by atoms with Crippen LogP contribution in [-0.2, 0) is 9.59 Å². The highest BCUT2D eigenvalue weighted by Crippen LogP contribution is 2.35. The van der Waals surface area contributed by atoms with Gasteiger partial charge in [-0.25, -0.2) is 4.79 Å². The van der Waals surface area contributed by atoms with E-state index in [0.29, 0.717) is 12.2 Å². The Kier molecular flexibility index (Phi) is 4.70. The van der Waals surface area contributed by atoms with E-state index in [0.717, 1.165) is 22.6 Å². The van der Waals surface area contributed by atoms with E-state index in [1.807, 2.05) is 40.6 Å². The van der Waals surface area contributed by atoms with E-state index in [9.17, 15) is 14.4 Å². The second-order valence-corrected chi connectivity index (χ2v) is 7.83. The molecular weight excluding hydrogens is 362 g/mol. The zero-order chi connectivity index (χ0) is 19.0.